The number of nitrogens with one attached hydrogen (secondary N) is 2. The molecule has 7 heteroatoms. The zero-order chi connectivity index (χ0) is 21.8. The summed E-state index contributed by atoms with van der Waals surface area (Å²) in [4.78, 5) is 25.3. The van der Waals surface area contributed by atoms with Crippen LogP contribution in [0, 0.1) is 12.7 Å². The van der Waals surface area contributed by atoms with E-state index in [0.29, 0.717) is 11.3 Å². The summed E-state index contributed by atoms with van der Waals surface area (Å²) in [5.41, 5.74) is 5.69. The Morgan fingerprint density at radius 3 is 2.58 bits per heavy atom. The fraction of sp³-hybridized carbons (Fsp3) is 0.292. The number of pyridine rings is 1. The van der Waals surface area contributed by atoms with Crippen molar-refractivity contribution in [3.8, 4) is 0 Å². The molecule has 6 nitrogen and oxygen atoms in total. The smallest absolute Gasteiger partial charge is 0.334 e. The Kier molecular flexibility index (Phi) is 6.11. The molecule has 1 fully saturated rings. The first-order valence-corrected chi connectivity index (χ1v) is 10.5. The van der Waals surface area contributed by atoms with Gasteiger partial charge in [-0.3, -0.25) is 4.79 Å². The Labute approximate surface area is 180 Å². The van der Waals surface area contributed by atoms with Gasteiger partial charge in [0.2, 0.25) is 5.78 Å². The van der Waals surface area contributed by atoms with Crippen molar-refractivity contribution < 1.29 is 14.0 Å². The van der Waals surface area contributed by atoms with Crippen molar-refractivity contribution in [3.05, 3.63) is 76.9 Å². The number of hydrogen-bond acceptors (Lipinski definition) is 3. The van der Waals surface area contributed by atoms with Crippen LogP contribution >= 0.6 is 0 Å². The van der Waals surface area contributed by atoms with Gasteiger partial charge in [0.25, 0.3) is 0 Å². The summed E-state index contributed by atoms with van der Waals surface area (Å²) in [6.07, 6.45) is 8.85. The van der Waals surface area contributed by atoms with Crippen molar-refractivity contribution in [1.29, 1.82) is 0 Å². The van der Waals surface area contributed by atoms with Crippen LogP contribution in [0.3, 0.4) is 0 Å². The normalized spacial score (nSPS) is 14.8. The average molecular weight is 420 g/mol. The van der Waals surface area contributed by atoms with E-state index in [1.54, 1.807) is 16.8 Å². The van der Waals surface area contributed by atoms with Crippen molar-refractivity contribution >= 4 is 23.5 Å². The van der Waals surface area contributed by atoms with Gasteiger partial charge in [-0.1, -0.05) is 25.3 Å². The number of carbonyl (C=O) groups is 2. The maximum absolute atomic E-state index is 13.3. The van der Waals surface area contributed by atoms with E-state index in [9.17, 15) is 14.0 Å². The van der Waals surface area contributed by atoms with Crippen molar-refractivity contribution in [3.63, 3.8) is 0 Å². The predicted octanol–water partition coefficient (Wildman–Crippen LogP) is 4.58. The second kappa shape index (κ2) is 9.12. The third-order valence-corrected chi connectivity index (χ3v) is 5.76. The van der Waals surface area contributed by atoms with Gasteiger partial charge in [-0.2, -0.15) is 5.10 Å². The standard InChI is InChI=1S/C24H25FN4O2/c1-16-20(15-26-28-24(31)27-19-7-3-2-4-8-19)21-9-5-6-14-29(21)22(16)23(30)17-10-12-18(25)13-11-17/h5-6,9-15,19H,2-4,7-8H2,1H3,(H2,27,28,31)/b26-15+. The van der Waals surface area contributed by atoms with Crippen LogP contribution in [0.4, 0.5) is 9.18 Å². The number of hydrazone groups is 1. The number of urea groups is 1. The zero-order valence-corrected chi connectivity index (χ0v) is 17.4. The highest BCUT2D eigenvalue weighted by Crippen LogP contribution is 2.24. The Hall–Kier alpha value is -3.48. The Balaban J connectivity index is 1.57. The molecule has 2 heterocycles. The first-order valence-electron chi connectivity index (χ1n) is 10.5. The highest BCUT2D eigenvalue weighted by molar-refractivity contribution is 6.11. The fourth-order valence-electron chi connectivity index (χ4n) is 4.16. The van der Waals surface area contributed by atoms with E-state index in [4.69, 9.17) is 0 Å². The van der Waals surface area contributed by atoms with Gasteiger partial charge in [0.1, 0.15) is 5.82 Å². The number of hydrogen-bond donors (Lipinski definition) is 2. The fourth-order valence-corrected chi connectivity index (χ4v) is 4.16. The SMILES string of the molecule is Cc1c(/C=N/NC(=O)NC2CCCCC2)c2ccccn2c1C(=O)c1ccc(F)cc1. The molecule has 0 spiro atoms. The minimum absolute atomic E-state index is 0.195. The van der Waals surface area contributed by atoms with Crippen LogP contribution in [0.25, 0.3) is 5.52 Å². The number of rotatable bonds is 5. The molecule has 3 aromatic rings. The molecule has 2 N–H and O–H groups in total. The minimum atomic E-state index is -0.390. The maximum Gasteiger partial charge on any atom is 0.335 e. The summed E-state index contributed by atoms with van der Waals surface area (Å²) in [7, 11) is 0. The number of aromatic nitrogens is 1. The molecule has 0 unspecified atom stereocenters. The number of benzene rings is 1. The molecule has 4 rings (SSSR count). The summed E-state index contributed by atoms with van der Waals surface area (Å²) >= 11 is 0. The van der Waals surface area contributed by atoms with E-state index in [2.05, 4.69) is 15.8 Å². The Morgan fingerprint density at radius 1 is 1.10 bits per heavy atom. The van der Waals surface area contributed by atoms with Crippen LogP contribution in [0.5, 0.6) is 0 Å². The second-order valence-corrected chi connectivity index (χ2v) is 7.86. The molecule has 1 aliphatic rings. The van der Waals surface area contributed by atoms with E-state index in [0.717, 1.165) is 42.3 Å². The summed E-state index contributed by atoms with van der Waals surface area (Å²) in [6.45, 7) is 1.84. The van der Waals surface area contributed by atoms with Crippen LogP contribution in [0.15, 0.2) is 53.8 Å². The van der Waals surface area contributed by atoms with Gasteiger partial charge in [-0.15, -0.1) is 0 Å². The lowest BCUT2D eigenvalue weighted by Crippen LogP contribution is -2.41. The summed E-state index contributed by atoms with van der Waals surface area (Å²) < 4.78 is 15.1. The molecule has 0 saturated heterocycles. The first-order chi connectivity index (χ1) is 15.0. The molecule has 2 aromatic heterocycles. The topological polar surface area (TPSA) is 75.0 Å². The van der Waals surface area contributed by atoms with Crippen LogP contribution in [-0.4, -0.2) is 28.5 Å². The van der Waals surface area contributed by atoms with Gasteiger partial charge in [0.15, 0.2) is 0 Å². The Bertz CT molecular complexity index is 1130. The predicted molar refractivity (Wildman–Crippen MR) is 118 cm³/mol. The van der Waals surface area contributed by atoms with E-state index < -0.39 is 5.82 Å². The summed E-state index contributed by atoms with van der Waals surface area (Å²) in [6, 6.07) is 11.0. The van der Waals surface area contributed by atoms with Gasteiger partial charge in [-0.25, -0.2) is 14.6 Å². The molecular weight excluding hydrogens is 395 g/mol. The number of halogens is 1. The lowest BCUT2D eigenvalue weighted by atomic mass is 9.96. The Morgan fingerprint density at radius 2 is 1.84 bits per heavy atom. The van der Waals surface area contributed by atoms with Gasteiger partial charge in [0, 0.05) is 23.4 Å². The molecule has 0 bridgehead atoms. The molecule has 160 valence electrons. The first kappa shape index (κ1) is 20.8. The minimum Gasteiger partial charge on any atom is -0.334 e. The van der Waals surface area contributed by atoms with Crippen molar-refractivity contribution in [2.45, 2.75) is 45.1 Å². The van der Waals surface area contributed by atoms with Gasteiger partial charge in [-0.05, 0) is 61.7 Å². The van der Waals surface area contributed by atoms with Crippen molar-refractivity contribution in [1.82, 2.24) is 15.1 Å². The molecular formula is C24H25FN4O2. The molecule has 1 aliphatic carbocycles. The van der Waals surface area contributed by atoms with E-state index in [-0.39, 0.29) is 17.9 Å². The molecule has 31 heavy (non-hydrogen) atoms. The van der Waals surface area contributed by atoms with Crippen molar-refractivity contribution in [2.75, 3.05) is 0 Å². The monoisotopic (exact) mass is 420 g/mol. The molecule has 0 radical (unpaired) electrons. The van der Waals surface area contributed by atoms with Gasteiger partial charge in [0.05, 0.1) is 17.4 Å². The number of amides is 2. The summed E-state index contributed by atoms with van der Waals surface area (Å²) in [5.74, 6) is -0.597. The third kappa shape index (κ3) is 4.50. The number of ketones is 1. The van der Waals surface area contributed by atoms with E-state index >= 15 is 0 Å². The second-order valence-electron chi connectivity index (χ2n) is 7.86. The molecule has 0 aliphatic heterocycles. The van der Waals surface area contributed by atoms with E-state index in [1.807, 2.05) is 25.1 Å². The van der Waals surface area contributed by atoms with E-state index in [1.165, 1.54) is 30.7 Å². The lowest BCUT2D eigenvalue weighted by Gasteiger charge is -2.22. The molecule has 1 aromatic carbocycles. The van der Waals surface area contributed by atoms with Crippen LogP contribution in [-0.2, 0) is 0 Å². The molecule has 2 amide bonds. The van der Waals surface area contributed by atoms with Crippen LogP contribution in [0.2, 0.25) is 0 Å². The quantitative estimate of drug-likeness (QED) is 0.360. The average Bonchev–Trinajstić information content (AvgIpc) is 3.06. The maximum atomic E-state index is 13.3. The van der Waals surface area contributed by atoms with Crippen molar-refractivity contribution in [2.24, 2.45) is 5.10 Å². The van der Waals surface area contributed by atoms with Gasteiger partial charge >= 0.3 is 6.03 Å². The summed E-state index contributed by atoms with van der Waals surface area (Å²) in [5, 5.41) is 7.07. The molecule has 0 atom stereocenters. The van der Waals surface area contributed by atoms with Gasteiger partial charge < -0.3 is 9.72 Å². The van der Waals surface area contributed by atoms with Crippen LogP contribution < -0.4 is 10.7 Å². The highest BCUT2D eigenvalue weighted by atomic mass is 19.1. The highest BCUT2D eigenvalue weighted by Gasteiger charge is 2.21. The van der Waals surface area contributed by atoms with Crippen LogP contribution in [0.1, 0.15) is 59.3 Å². The number of carbonyl (C=O) groups excluding carboxylic acids is 2. The third-order valence-electron chi connectivity index (χ3n) is 5.76. The number of nitrogens with zero attached hydrogens (tertiary/aromatic N) is 2. The lowest BCUT2D eigenvalue weighted by molar-refractivity contribution is 0.103. The number of fused-ring (bicyclic) bond motifs is 1. The molecule has 1 saturated carbocycles. The largest absolute Gasteiger partial charge is 0.335 e. The zero-order valence-electron chi connectivity index (χ0n) is 17.4.